The zero-order chi connectivity index (χ0) is 17.0. The zero-order valence-corrected chi connectivity index (χ0v) is 15.3. The van der Waals surface area contributed by atoms with Crippen LogP contribution in [0.1, 0.15) is 24.4 Å². The lowest BCUT2D eigenvalue weighted by Crippen LogP contribution is -2.36. The van der Waals surface area contributed by atoms with Gasteiger partial charge in [0.15, 0.2) is 0 Å². The van der Waals surface area contributed by atoms with Gasteiger partial charge in [-0.2, -0.15) is 0 Å². The Hall–Kier alpha value is -1.41. The molecule has 130 valence electrons. The van der Waals surface area contributed by atoms with Crippen LogP contribution in [0.15, 0.2) is 46.0 Å². The molecule has 1 aromatic carbocycles. The highest BCUT2D eigenvalue weighted by atomic mass is 32.2. The summed E-state index contributed by atoms with van der Waals surface area (Å²) in [6.07, 6.45) is 2.31. The Morgan fingerprint density at radius 1 is 1.21 bits per heavy atom. The van der Waals surface area contributed by atoms with Crippen molar-refractivity contribution in [3.63, 3.8) is 0 Å². The van der Waals surface area contributed by atoms with Crippen LogP contribution in [0.25, 0.3) is 0 Å². The molecule has 0 unspecified atom stereocenters. The quantitative estimate of drug-likeness (QED) is 0.819. The maximum absolute atomic E-state index is 12.4. The van der Waals surface area contributed by atoms with E-state index >= 15 is 0 Å². The van der Waals surface area contributed by atoms with E-state index in [1.54, 1.807) is 24.6 Å². The van der Waals surface area contributed by atoms with E-state index in [1.165, 1.54) is 11.3 Å². The molecular weight excluding hydrogens is 344 g/mol. The van der Waals surface area contributed by atoms with E-state index in [-0.39, 0.29) is 6.04 Å². The summed E-state index contributed by atoms with van der Waals surface area (Å²) in [6.45, 7) is 2.36. The van der Waals surface area contributed by atoms with Gasteiger partial charge in [-0.25, -0.2) is 13.1 Å². The lowest BCUT2D eigenvalue weighted by atomic mass is 10.1. The summed E-state index contributed by atoms with van der Waals surface area (Å²) in [5, 5.41) is 1.77. The minimum absolute atomic E-state index is 0.0353. The van der Waals surface area contributed by atoms with Crippen molar-refractivity contribution in [2.75, 3.05) is 26.7 Å². The van der Waals surface area contributed by atoms with E-state index < -0.39 is 10.0 Å². The van der Waals surface area contributed by atoms with Gasteiger partial charge in [-0.1, -0.05) is 18.2 Å². The SMILES string of the molecule is COc1ccc([C@H](CNS(=O)(=O)c2cccs2)N2CCCC2)cc1. The number of nitrogens with zero attached hydrogens (tertiary/aromatic N) is 1. The lowest BCUT2D eigenvalue weighted by molar-refractivity contribution is 0.246. The first-order chi connectivity index (χ1) is 11.6. The normalized spacial score (nSPS) is 17.0. The van der Waals surface area contributed by atoms with Gasteiger partial charge in [0.25, 0.3) is 0 Å². The Kier molecular flexibility index (Phi) is 5.55. The molecule has 1 fully saturated rings. The number of sulfonamides is 1. The van der Waals surface area contributed by atoms with Crippen molar-refractivity contribution in [2.45, 2.75) is 23.1 Å². The van der Waals surface area contributed by atoms with Gasteiger partial charge in [0.05, 0.1) is 7.11 Å². The highest BCUT2D eigenvalue weighted by Gasteiger charge is 2.26. The Labute approximate surface area is 147 Å². The van der Waals surface area contributed by atoms with Crippen LogP contribution in [-0.4, -0.2) is 40.1 Å². The highest BCUT2D eigenvalue weighted by Crippen LogP contribution is 2.27. The molecule has 0 amide bonds. The molecule has 0 bridgehead atoms. The number of hydrogen-bond acceptors (Lipinski definition) is 5. The number of thiophene rings is 1. The van der Waals surface area contributed by atoms with Crippen molar-refractivity contribution in [1.82, 2.24) is 9.62 Å². The molecule has 1 aliphatic rings. The predicted molar refractivity (Wildman–Crippen MR) is 96.0 cm³/mol. The first-order valence-corrected chi connectivity index (χ1v) is 10.4. The van der Waals surface area contributed by atoms with E-state index in [2.05, 4.69) is 9.62 Å². The molecule has 0 spiro atoms. The zero-order valence-electron chi connectivity index (χ0n) is 13.6. The molecule has 0 aliphatic carbocycles. The minimum Gasteiger partial charge on any atom is -0.497 e. The fourth-order valence-corrected chi connectivity index (χ4v) is 5.09. The third-order valence-electron chi connectivity index (χ3n) is 4.31. The summed E-state index contributed by atoms with van der Waals surface area (Å²) in [4.78, 5) is 2.35. The van der Waals surface area contributed by atoms with Crippen molar-refractivity contribution in [1.29, 1.82) is 0 Å². The molecule has 1 atom stereocenters. The Morgan fingerprint density at radius 2 is 1.92 bits per heavy atom. The van der Waals surface area contributed by atoms with Crippen molar-refractivity contribution < 1.29 is 13.2 Å². The standard InChI is InChI=1S/C17H22N2O3S2/c1-22-15-8-6-14(7-9-15)16(19-10-2-3-11-19)13-18-24(20,21)17-5-4-12-23-17/h4-9,12,16,18H,2-3,10-11,13H2,1H3/t16-/m0/s1. The van der Waals surface area contributed by atoms with Gasteiger partial charge in [-0.05, 0) is 55.1 Å². The van der Waals surface area contributed by atoms with Gasteiger partial charge in [-0.3, -0.25) is 4.90 Å². The fraction of sp³-hybridized carbons (Fsp3) is 0.412. The average molecular weight is 367 g/mol. The molecule has 1 aromatic heterocycles. The number of likely N-dealkylation sites (tertiary alicyclic amines) is 1. The Bertz CT molecular complexity index is 737. The van der Waals surface area contributed by atoms with E-state index in [9.17, 15) is 8.42 Å². The molecule has 3 rings (SSSR count). The summed E-state index contributed by atoms with van der Waals surface area (Å²) in [5.41, 5.74) is 1.10. The second-order valence-electron chi connectivity index (χ2n) is 5.82. The summed E-state index contributed by atoms with van der Waals surface area (Å²) in [5.74, 6) is 0.804. The first-order valence-electron chi connectivity index (χ1n) is 8.01. The smallest absolute Gasteiger partial charge is 0.250 e. The van der Waals surface area contributed by atoms with Gasteiger partial charge in [0.2, 0.25) is 10.0 Å². The van der Waals surface area contributed by atoms with E-state index in [4.69, 9.17) is 4.74 Å². The maximum atomic E-state index is 12.4. The second kappa shape index (κ2) is 7.65. The van der Waals surface area contributed by atoms with Crippen LogP contribution in [-0.2, 0) is 10.0 Å². The van der Waals surface area contributed by atoms with Gasteiger partial charge in [0.1, 0.15) is 9.96 Å². The molecule has 1 N–H and O–H groups in total. The van der Waals surface area contributed by atoms with Gasteiger partial charge < -0.3 is 4.74 Å². The summed E-state index contributed by atoms with van der Waals surface area (Å²) in [6, 6.07) is 11.3. The monoisotopic (exact) mass is 366 g/mol. The first kappa shape index (κ1) is 17.4. The molecule has 2 aromatic rings. The number of benzene rings is 1. The van der Waals surface area contributed by atoms with Crippen LogP contribution in [0.5, 0.6) is 5.75 Å². The van der Waals surface area contributed by atoms with Crippen LogP contribution in [0, 0.1) is 0 Å². The van der Waals surface area contributed by atoms with Gasteiger partial charge >= 0.3 is 0 Å². The topological polar surface area (TPSA) is 58.6 Å². The van der Waals surface area contributed by atoms with Crippen LogP contribution in [0.3, 0.4) is 0 Å². The molecular formula is C17H22N2O3S2. The molecule has 0 saturated carbocycles. The molecule has 24 heavy (non-hydrogen) atoms. The lowest BCUT2D eigenvalue weighted by Gasteiger charge is -2.28. The fourth-order valence-electron chi connectivity index (χ4n) is 3.01. The molecule has 7 heteroatoms. The molecule has 0 radical (unpaired) electrons. The second-order valence-corrected chi connectivity index (χ2v) is 8.76. The van der Waals surface area contributed by atoms with Crippen LogP contribution >= 0.6 is 11.3 Å². The molecule has 1 aliphatic heterocycles. The summed E-state index contributed by atoms with van der Waals surface area (Å²) < 4.78 is 33.2. The number of rotatable bonds is 7. The number of ether oxygens (including phenoxy) is 1. The van der Waals surface area contributed by atoms with Crippen molar-refractivity contribution in [2.24, 2.45) is 0 Å². The number of nitrogens with one attached hydrogen (secondary N) is 1. The minimum atomic E-state index is -3.45. The molecule has 1 saturated heterocycles. The largest absolute Gasteiger partial charge is 0.497 e. The number of hydrogen-bond donors (Lipinski definition) is 1. The molecule has 2 heterocycles. The predicted octanol–water partition coefficient (Wildman–Crippen LogP) is 2.87. The summed E-state index contributed by atoms with van der Waals surface area (Å²) in [7, 11) is -1.80. The average Bonchev–Trinajstić information content (AvgIpc) is 3.29. The van der Waals surface area contributed by atoms with Crippen LogP contribution < -0.4 is 9.46 Å². The third-order valence-corrected chi connectivity index (χ3v) is 7.13. The van der Waals surface area contributed by atoms with Crippen LogP contribution in [0.4, 0.5) is 0 Å². The van der Waals surface area contributed by atoms with Gasteiger partial charge in [0, 0.05) is 12.6 Å². The Morgan fingerprint density at radius 3 is 2.50 bits per heavy atom. The van der Waals surface area contributed by atoms with Crippen LogP contribution in [0.2, 0.25) is 0 Å². The van der Waals surface area contributed by atoms with Crippen molar-refractivity contribution >= 4 is 21.4 Å². The van der Waals surface area contributed by atoms with Crippen molar-refractivity contribution in [3.05, 3.63) is 47.3 Å². The van der Waals surface area contributed by atoms with E-state index in [0.29, 0.717) is 10.8 Å². The van der Waals surface area contributed by atoms with E-state index in [1.807, 2.05) is 24.3 Å². The van der Waals surface area contributed by atoms with Crippen molar-refractivity contribution in [3.8, 4) is 5.75 Å². The third kappa shape index (κ3) is 3.97. The maximum Gasteiger partial charge on any atom is 0.250 e. The number of methoxy groups -OCH3 is 1. The summed E-state index contributed by atoms with van der Waals surface area (Å²) >= 11 is 1.23. The van der Waals surface area contributed by atoms with E-state index in [0.717, 1.165) is 37.2 Å². The Balaban J connectivity index is 1.77. The van der Waals surface area contributed by atoms with Gasteiger partial charge in [-0.15, -0.1) is 11.3 Å². The molecule has 5 nitrogen and oxygen atoms in total. The highest BCUT2D eigenvalue weighted by molar-refractivity contribution is 7.91.